The summed E-state index contributed by atoms with van der Waals surface area (Å²) < 4.78 is 5.19. The van der Waals surface area contributed by atoms with Gasteiger partial charge in [0.15, 0.2) is 0 Å². The Hall–Kier alpha value is -2.04. The van der Waals surface area contributed by atoms with Crippen molar-refractivity contribution < 1.29 is 14.3 Å². The van der Waals surface area contributed by atoms with E-state index < -0.39 is 5.41 Å². The lowest BCUT2D eigenvalue weighted by atomic mass is 9.90. The van der Waals surface area contributed by atoms with Gasteiger partial charge in [-0.3, -0.25) is 9.59 Å². The molecule has 1 aliphatic rings. The minimum atomic E-state index is -1.06. The number of nitrogens with one attached hydrogen (secondary N) is 2. The first kappa shape index (κ1) is 18.3. The van der Waals surface area contributed by atoms with Crippen LogP contribution in [0.1, 0.15) is 45.1 Å². The summed E-state index contributed by atoms with van der Waals surface area (Å²) >= 11 is 0. The van der Waals surface area contributed by atoms with Gasteiger partial charge in [-0.2, -0.15) is 0 Å². The summed E-state index contributed by atoms with van der Waals surface area (Å²) in [5.41, 5.74) is 0.0274. The van der Waals surface area contributed by atoms with Crippen molar-refractivity contribution in [2.45, 2.75) is 52.0 Å². The maximum absolute atomic E-state index is 12.4. The molecule has 0 atom stereocenters. The van der Waals surface area contributed by atoms with E-state index in [0.29, 0.717) is 13.0 Å². The van der Waals surface area contributed by atoms with E-state index in [9.17, 15) is 9.59 Å². The van der Waals surface area contributed by atoms with Crippen LogP contribution < -0.4 is 15.4 Å². The molecule has 2 rings (SSSR count). The molecule has 0 aliphatic heterocycles. The smallest absolute Gasteiger partial charge is 0.235 e. The standard InChI is InChI=1S/C19H28N2O3/c1-19(2,18(23)21-15-8-4-5-9-15)17(22)20-12-11-14-7-6-10-16(13-14)24-3/h6-7,10,13,15H,4-5,8-9,11-12H2,1-3H3,(H,20,22)(H,21,23). The molecule has 0 aromatic heterocycles. The molecule has 0 spiro atoms. The lowest BCUT2D eigenvalue weighted by Gasteiger charge is -2.25. The predicted octanol–water partition coefficient (Wildman–Crippen LogP) is 2.44. The zero-order valence-corrected chi connectivity index (χ0v) is 14.9. The number of benzene rings is 1. The van der Waals surface area contributed by atoms with Gasteiger partial charge in [0.05, 0.1) is 7.11 Å². The Labute approximate surface area is 144 Å². The molecule has 1 fully saturated rings. The van der Waals surface area contributed by atoms with Gasteiger partial charge in [0.2, 0.25) is 11.8 Å². The first-order valence-electron chi connectivity index (χ1n) is 8.65. The van der Waals surface area contributed by atoms with Crippen LogP contribution in [0.5, 0.6) is 5.75 Å². The average Bonchev–Trinajstić information content (AvgIpc) is 3.07. The number of carbonyl (C=O) groups is 2. The minimum absolute atomic E-state index is 0.187. The lowest BCUT2D eigenvalue weighted by molar-refractivity contribution is -0.141. The van der Waals surface area contributed by atoms with Gasteiger partial charge in [0.25, 0.3) is 0 Å². The molecular weight excluding hydrogens is 304 g/mol. The van der Waals surface area contributed by atoms with Crippen molar-refractivity contribution in [3.05, 3.63) is 29.8 Å². The fourth-order valence-corrected chi connectivity index (χ4v) is 2.91. The van der Waals surface area contributed by atoms with Gasteiger partial charge in [-0.15, -0.1) is 0 Å². The van der Waals surface area contributed by atoms with Crippen molar-refractivity contribution in [1.82, 2.24) is 10.6 Å². The quantitative estimate of drug-likeness (QED) is 0.754. The van der Waals surface area contributed by atoms with Crippen molar-refractivity contribution in [2.24, 2.45) is 5.41 Å². The van der Waals surface area contributed by atoms with E-state index in [0.717, 1.165) is 37.0 Å². The molecule has 24 heavy (non-hydrogen) atoms. The van der Waals surface area contributed by atoms with E-state index in [2.05, 4.69) is 10.6 Å². The molecule has 0 radical (unpaired) electrons. The molecule has 1 aromatic rings. The third-order valence-electron chi connectivity index (χ3n) is 4.66. The van der Waals surface area contributed by atoms with Crippen molar-refractivity contribution in [1.29, 1.82) is 0 Å². The van der Waals surface area contributed by atoms with Gasteiger partial charge in [0.1, 0.15) is 11.2 Å². The summed E-state index contributed by atoms with van der Waals surface area (Å²) in [6.45, 7) is 3.85. The largest absolute Gasteiger partial charge is 0.497 e. The molecule has 2 N–H and O–H groups in total. The second-order valence-corrected chi connectivity index (χ2v) is 6.94. The van der Waals surface area contributed by atoms with Crippen molar-refractivity contribution in [3.63, 3.8) is 0 Å². The zero-order chi connectivity index (χ0) is 17.6. The average molecular weight is 332 g/mol. The molecule has 5 nitrogen and oxygen atoms in total. The van der Waals surface area contributed by atoms with Gasteiger partial charge in [-0.25, -0.2) is 0 Å². The van der Waals surface area contributed by atoms with Crippen LogP contribution in [0.15, 0.2) is 24.3 Å². The second kappa shape index (κ2) is 8.18. The molecule has 1 aromatic carbocycles. The van der Waals surface area contributed by atoms with Crippen LogP contribution in [-0.4, -0.2) is 31.5 Å². The first-order valence-corrected chi connectivity index (χ1v) is 8.65. The Bertz CT molecular complexity index is 578. The van der Waals surface area contributed by atoms with Crippen molar-refractivity contribution in [3.8, 4) is 5.75 Å². The van der Waals surface area contributed by atoms with Crippen LogP contribution in [0.3, 0.4) is 0 Å². The monoisotopic (exact) mass is 332 g/mol. The Morgan fingerprint density at radius 3 is 2.58 bits per heavy atom. The number of hydrogen-bond acceptors (Lipinski definition) is 3. The minimum Gasteiger partial charge on any atom is -0.497 e. The molecule has 0 bridgehead atoms. The molecule has 0 heterocycles. The van der Waals surface area contributed by atoms with Gasteiger partial charge < -0.3 is 15.4 Å². The van der Waals surface area contributed by atoms with Crippen molar-refractivity contribution >= 4 is 11.8 Å². The van der Waals surface area contributed by atoms with Gasteiger partial charge in [-0.1, -0.05) is 25.0 Å². The highest BCUT2D eigenvalue weighted by Gasteiger charge is 2.37. The van der Waals surface area contributed by atoms with Crippen molar-refractivity contribution in [2.75, 3.05) is 13.7 Å². The Kier molecular flexibility index (Phi) is 6.23. The van der Waals surface area contributed by atoms with E-state index in [1.807, 2.05) is 24.3 Å². The summed E-state index contributed by atoms with van der Waals surface area (Å²) in [4.78, 5) is 24.8. The SMILES string of the molecule is COc1cccc(CCNC(=O)C(C)(C)C(=O)NC2CCCC2)c1. The molecule has 0 saturated heterocycles. The fourth-order valence-electron chi connectivity index (χ4n) is 2.91. The molecule has 2 amide bonds. The number of hydrogen-bond donors (Lipinski definition) is 2. The number of carbonyl (C=O) groups excluding carboxylic acids is 2. The highest BCUT2D eigenvalue weighted by molar-refractivity contribution is 6.04. The Morgan fingerprint density at radius 2 is 1.92 bits per heavy atom. The lowest BCUT2D eigenvalue weighted by Crippen LogP contribution is -2.50. The third-order valence-corrected chi connectivity index (χ3v) is 4.66. The second-order valence-electron chi connectivity index (χ2n) is 6.94. The third kappa shape index (κ3) is 4.73. The summed E-state index contributed by atoms with van der Waals surface area (Å²) in [5, 5.41) is 5.88. The number of amides is 2. The predicted molar refractivity (Wildman–Crippen MR) is 93.9 cm³/mol. The molecule has 5 heteroatoms. The van der Waals surface area contributed by atoms with E-state index in [1.165, 1.54) is 0 Å². The van der Waals surface area contributed by atoms with E-state index in [-0.39, 0.29) is 17.9 Å². The van der Waals surface area contributed by atoms with Gasteiger partial charge in [-0.05, 0) is 50.8 Å². The van der Waals surface area contributed by atoms with Crippen LogP contribution in [0, 0.1) is 5.41 Å². The molecule has 1 saturated carbocycles. The highest BCUT2D eigenvalue weighted by Crippen LogP contribution is 2.21. The van der Waals surface area contributed by atoms with Gasteiger partial charge >= 0.3 is 0 Å². The summed E-state index contributed by atoms with van der Waals surface area (Å²) in [6, 6.07) is 7.98. The summed E-state index contributed by atoms with van der Waals surface area (Å²) in [6.07, 6.45) is 5.03. The van der Waals surface area contributed by atoms with Crippen LogP contribution in [-0.2, 0) is 16.0 Å². The highest BCUT2D eigenvalue weighted by atomic mass is 16.5. The zero-order valence-electron chi connectivity index (χ0n) is 14.9. The van der Waals surface area contributed by atoms with Crippen LogP contribution in [0.4, 0.5) is 0 Å². The van der Waals surface area contributed by atoms with Crippen LogP contribution >= 0.6 is 0 Å². The molecular formula is C19H28N2O3. The molecule has 1 aliphatic carbocycles. The first-order chi connectivity index (χ1) is 11.4. The molecule has 0 unspecified atom stereocenters. The normalized spacial score (nSPS) is 15.1. The summed E-state index contributed by atoms with van der Waals surface area (Å²) in [5.74, 6) is 0.379. The maximum Gasteiger partial charge on any atom is 0.235 e. The van der Waals surface area contributed by atoms with Crippen LogP contribution in [0.25, 0.3) is 0 Å². The van der Waals surface area contributed by atoms with E-state index in [4.69, 9.17) is 4.74 Å². The van der Waals surface area contributed by atoms with Crippen LogP contribution in [0.2, 0.25) is 0 Å². The van der Waals surface area contributed by atoms with E-state index >= 15 is 0 Å². The molecule has 132 valence electrons. The maximum atomic E-state index is 12.4. The van der Waals surface area contributed by atoms with Gasteiger partial charge in [0, 0.05) is 12.6 Å². The number of ether oxygens (including phenoxy) is 1. The summed E-state index contributed by atoms with van der Waals surface area (Å²) in [7, 11) is 1.63. The Morgan fingerprint density at radius 1 is 1.21 bits per heavy atom. The number of methoxy groups -OCH3 is 1. The van der Waals surface area contributed by atoms with E-state index in [1.54, 1.807) is 21.0 Å². The number of rotatable bonds is 7. The topological polar surface area (TPSA) is 67.4 Å². The Balaban J connectivity index is 1.82. The fraction of sp³-hybridized carbons (Fsp3) is 0.579.